The summed E-state index contributed by atoms with van der Waals surface area (Å²) >= 11 is 0. The molecule has 0 unspecified atom stereocenters. The number of nitrogens with zero attached hydrogens (tertiary/aromatic N) is 3. The molecular weight excluding hydrogens is 444 g/mol. The van der Waals surface area contributed by atoms with Crippen LogP contribution >= 0.6 is 0 Å². The van der Waals surface area contributed by atoms with Gasteiger partial charge in [-0.2, -0.15) is 0 Å². The van der Waals surface area contributed by atoms with E-state index in [-0.39, 0.29) is 23.8 Å². The number of rotatable bonds is 5. The maximum atomic E-state index is 12.8. The van der Waals surface area contributed by atoms with Crippen LogP contribution in [0.3, 0.4) is 0 Å². The first kappa shape index (κ1) is 23.9. The minimum absolute atomic E-state index is 0.0823. The summed E-state index contributed by atoms with van der Waals surface area (Å²) in [6.45, 7) is 7.10. The summed E-state index contributed by atoms with van der Waals surface area (Å²) in [5.74, 6) is -0.665. The first-order valence-corrected chi connectivity index (χ1v) is 11.2. The van der Waals surface area contributed by atoms with Crippen LogP contribution in [0.25, 0.3) is 21.6 Å². The number of nitrogens with one attached hydrogen (secondary N) is 1. The number of carbonyl (C=O) groups excluding carboxylic acids is 2. The molecule has 1 aliphatic carbocycles. The van der Waals surface area contributed by atoms with Crippen LogP contribution in [-0.2, 0) is 9.47 Å². The van der Waals surface area contributed by atoms with Crippen LogP contribution in [0.5, 0.6) is 0 Å². The lowest BCUT2D eigenvalue weighted by Crippen LogP contribution is -2.25. The second-order valence-corrected chi connectivity index (χ2v) is 9.31. The van der Waals surface area contributed by atoms with Crippen molar-refractivity contribution in [2.75, 3.05) is 11.9 Å². The number of esters is 1. The molecule has 3 aromatic carbocycles. The van der Waals surface area contributed by atoms with Gasteiger partial charge in [0, 0.05) is 22.2 Å². The molecule has 0 heterocycles. The van der Waals surface area contributed by atoms with Gasteiger partial charge in [0.15, 0.2) is 0 Å². The number of azide groups is 1. The summed E-state index contributed by atoms with van der Waals surface area (Å²) in [5, 5.41) is 6.28. The summed E-state index contributed by atoms with van der Waals surface area (Å²) in [6.07, 6.45) is -0.678. The van der Waals surface area contributed by atoms with Crippen LogP contribution in [0.15, 0.2) is 65.8 Å². The Bertz CT molecular complexity index is 1310. The highest BCUT2D eigenvalue weighted by Crippen LogP contribution is 2.44. The Labute approximate surface area is 203 Å². The van der Waals surface area contributed by atoms with Crippen molar-refractivity contribution < 1.29 is 19.1 Å². The van der Waals surface area contributed by atoms with Gasteiger partial charge in [0.05, 0.1) is 5.56 Å². The first-order chi connectivity index (χ1) is 16.7. The van der Waals surface area contributed by atoms with Crippen molar-refractivity contribution in [3.8, 4) is 11.1 Å². The molecule has 8 heteroatoms. The Hall–Kier alpha value is -4.29. The van der Waals surface area contributed by atoms with Gasteiger partial charge in [-0.15, -0.1) is 0 Å². The number of hydrogen-bond acceptors (Lipinski definition) is 5. The molecule has 0 saturated carbocycles. The van der Waals surface area contributed by atoms with Gasteiger partial charge in [0.2, 0.25) is 0 Å². The van der Waals surface area contributed by atoms with E-state index < -0.39 is 17.7 Å². The Kier molecular flexibility index (Phi) is 6.49. The van der Waals surface area contributed by atoms with Crippen molar-refractivity contribution in [1.82, 2.24) is 0 Å². The van der Waals surface area contributed by atoms with E-state index in [0.717, 1.165) is 22.3 Å². The lowest BCUT2D eigenvalue weighted by molar-refractivity contribution is 0.00687. The number of ether oxygens (including phenoxy) is 2. The van der Waals surface area contributed by atoms with Gasteiger partial charge in [-0.3, -0.25) is 5.32 Å². The number of amides is 1. The van der Waals surface area contributed by atoms with Gasteiger partial charge in [-0.25, -0.2) is 9.59 Å². The molecule has 0 atom stereocenters. The fraction of sp³-hybridized carbons (Fsp3) is 0.259. The molecule has 0 aromatic heterocycles. The van der Waals surface area contributed by atoms with Crippen LogP contribution in [0, 0.1) is 6.92 Å². The van der Waals surface area contributed by atoms with Gasteiger partial charge >= 0.3 is 12.1 Å². The minimum atomic E-state index is -0.710. The molecule has 1 aliphatic rings. The second-order valence-electron chi connectivity index (χ2n) is 9.31. The summed E-state index contributed by atoms with van der Waals surface area (Å²) in [5.41, 5.74) is 13.8. The Morgan fingerprint density at radius 3 is 2.20 bits per heavy atom. The zero-order chi connectivity index (χ0) is 25.2. The molecular formula is C27H26N4O4. The van der Waals surface area contributed by atoms with E-state index in [1.165, 1.54) is 12.1 Å². The van der Waals surface area contributed by atoms with Crippen molar-refractivity contribution in [2.24, 2.45) is 5.11 Å². The third-order valence-electron chi connectivity index (χ3n) is 5.75. The molecule has 0 fully saturated rings. The number of carbonyl (C=O) groups is 2. The van der Waals surface area contributed by atoms with Crippen LogP contribution in [0.1, 0.15) is 53.7 Å². The van der Waals surface area contributed by atoms with Gasteiger partial charge in [0.1, 0.15) is 12.2 Å². The molecule has 35 heavy (non-hydrogen) atoms. The molecule has 0 spiro atoms. The van der Waals surface area contributed by atoms with E-state index in [0.29, 0.717) is 11.3 Å². The topological polar surface area (TPSA) is 113 Å². The standard InChI is InChI=1S/C27H26N4O4/c1-16-22(25(32)35-27(2,3)4)13-17(30-31-28)14-24(16)29-26(33)34-15-23-20-11-7-5-9-18(20)19-10-6-8-12-21(19)23/h5-14,23H,15H2,1-4H3,(H,29,33). The van der Waals surface area contributed by atoms with Gasteiger partial charge in [0.25, 0.3) is 0 Å². The van der Waals surface area contributed by atoms with E-state index in [2.05, 4.69) is 27.5 Å². The minimum Gasteiger partial charge on any atom is -0.456 e. The fourth-order valence-electron chi connectivity index (χ4n) is 4.23. The molecule has 3 aromatic rings. The molecule has 178 valence electrons. The third-order valence-corrected chi connectivity index (χ3v) is 5.75. The van der Waals surface area contributed by atoms with Crippen molar-refractivity contribution in [2.45, 2.75) is 39.2 Å². The maximum Gasteiger partial charge on any atom is 0.411 e. The van der Waals surface area contributed by atoms with E-state index in [9.17, 15) is 9.59 Å². The van der Waals surface area contributed by atoms with Crippen molar-refractivity contribution in [1.29, 1.82) is 0 Å². The summed E-state index contributed by atoms with van der Waals surface area (Å²) in [6, 6.07) is 19.1. The smallest absolute Gasteiger partial charge is 0.411 e. The Morgan fingerprint density at radius 1 is 1.03 bits per heavy atom. The predicted molar refractivity (Wildman–Crippen MR) is 134 cm³/mol. The fourth-order valence-corrected chi connectivity index (χ4v) is 4.23. The van der Waals surface area contributed by atoms with Crippen LogP contribution < -0.4 is 5.32 Å². The molecule has 4 rings (SSSR count). The van der Waals surface area contributed by atoms with E-state index >= 15 is 0 Å². The third kappa shape index (κ3) is 5.13. The summed E-state index contributed by atoms with van der Waals surface area (Å²) < 4.78 is 11.1. The lowest BCUT2D eigenvalue weighted by Gasteiger charge is -2.21. The van der Waals surface area contributed by atoms with Crippen molar-refractivity contribution >= 4 is 23.4 Å². The van der Waals surface area contributed by atoms with E-state index in [1.807, 2.05) is 36.4 Å². The highest BCUT2D eigenvalue weighted by atomic mass is 16.6. The van der Waals surface area contributed by atoms with Crippen molar-refractivity contribution in [3.05, 3.63) is 93.4 Å². The van der Waals surface area contributed by atoms with Crippen LogP contribution in [-0.4, -0.2) is 24.3 Å². The number of fused-ring (bicyclic) bond motifs is 3. The maximum absolute atomic E-state index is 12.8. The average molecular weight is 471 g/mol. The predicted octanol–water partition coefficient (Wildman–Crippen LogP) is 7.25. The van der Waals surface area contributed by atoms with Crippen LogP contribution in [0.2, 0.25) is 0 Å². The van der Waals surface area contributed by atoms with Gasteiger partial charge < -0.3 is 9.47 Å². The molecule has 0 radical (unpaired) electrons. The normalized spacial score (nSPS) is 12.2. The van der Waals surface area contributed by atoms with E-state index in [1.54, 1.807) is 27.7 Å². The molecule has 8 nitrogen and oxygen atoms in total. The molecule has 0 aliphatic heterocycles. The SMILES string of the molecule is Cc1c(NC(=O)OCC2c3ccccc3-c3ccccc32)cc(N=[N+]=[N-])cc1C(=O)OC(C)(C)C. The Balaban J connectivity index is 1.54. The largest absolute Gasteiger partial charge is 0.456 e. The number of benzene rings is 3. The number of anilines is 1. The summed E-state index contributed by atoms with van der Waals surface area (Å²) in [7, 11) is 0. The lowest BCUT2D eigenvalue weighted by atomic mass is 9.98. The Morgan fingerprint density at radius 2 is 1.63 bits per heavy atom. The van der Waals surface area contributed by atoms with E-state index in [4.69, 9.17) is 15.0 Å². The summed E-state index contributed by atoms with van der Waals surface area (Å²) in [4.78, 5) is 28.3. The zero-order valence-electron chi connectivity index (χ0n) is 20.0. The molecule has 0 saturated heterocycles. The quantitative estimate of drug-likeness (QED) is 0.183. The van der Waals surface area contributed by atoms with Gasteiger partial charge in [-0.1, -0.05) is 53.6 Å². The van der Waals surface area contributed by atoms with Crippen LogP contribution in [0.4, 0.5) is 16.2 Å². The second kappa shape index (κ2) is 9.52. The molecule has 0 bridgehead atoms. The van der Waals surface area contributed by atoms with Crippen molar-refractivity contribution in [3.63, 3.8) is 0 Å². The molecule has 1 N–H and O–H groups in total. The zero-order valence-corrected chi connectivity index (χ0v) is 20.0. The highest BCUT2D eigenvalue weighted by Gasteiger charge is 2.29. The highest BCUT2D eigenvalue weighted by molar-refractivity contribution is 5.96. The first-order valence-electron chi connectivity index (χ1n) is 11.2. The number of hydrogen-bond donors (Lipinski definition) is 1. The monoisotopic (exact) mass is 470 g/mol. The average Bonchev–Trinajstić information content (AvgIpc) is 3.12. The molecule has 1 amide bonds. The van der Waals surface area contributed by atoms with Gasteiger partial charge in [-0.05, 0) is 73.2 Å².